The molecule has 0 atom stereocenters. The average molecular weight is 186 g/mol. The second-order valence-electron chi connectivity index (χ2n) is 2.05. The molecule has 0 amide bonds. The molecule has 0 aliphatic heterocycles. The predicted molar refractivity (Wildman–Crippen MR) is 47.9 cm³/mol. The molecule has 2 rings (SSSR count). The van der Waals surface area contributed by atoms with Gasteiger partial charge in [0.1, 0.15) is 0 Å². The van der Waals surface area contributed by atoms with Gasteiger partial charge in [-0.2, -0.15) is 0 Å². The third kappa shape index (κ3) is 3.64. The average Bonchev–Trinajstić information content (AvgIpc) is 2.52. The third-order valence-corrected chi connectivity index (χ3v) is 2.26. The maximum Gasteiger partial charge on any atom is 1.00 e. The minimum Gasteiger partial charge on any atom is -0.554 e. The summed E-state index contributed by atoms with van der Waals surface area (Å²) in [5.74, 6) is 0. The Hall–Kier alpha value is -0.753. The smallest absolute Gasteiger partial charge is 0.554 e. The summed E-state index contributed by atoms with van der Waals surface area (Å²) in [5.41, 5.74) is 0. The van der Waals surface area contributed by atoms with Gasteiger partial charge in [-0.25, -0.2) is 0 Å². The Kier molecular flexibility index (Phi) is 6.34. The van der Waals surface area contributed by atoms with E-state index in [0.717, 1.165) is 0 Å². The topological polar surface area (TPSA) is 40.1 Å². The van der Waals surface area contributed by atoms with E-state index in [4.69, 9.17) is 9.90 Å². The number of carboxylic acid groups (broad SMARTS) is 1. The van der Waals surface area contributed by atoms with Gasteiger partial charge in [-0.05, 0) is 22.9 Å². The van der Waals surface area contributed by atoms with Crippen molar-refractivity contribution >= 4 is 27.9 Å². The van der Waals surface area contributed by atoms with E-state index in [1.54, 1.807) is 11.3 Å². The van der Waals surface area contributed by atoms with Crippen LogP contribution in [-0.2, 0) is 4.79 Å². The van der Waals surface area contributed by atoms with Crippen LogP contribution in [0.4, 0.5) is 0 Å². The number of rotatable bonds is 0. The summed E-state index contributed by atoms with van der Waals surface area (Å²) in [4.78, 5) is 8.25. The van der Waals surface area contributed by atoms with Crippen LogP contribution in [0.2, 0.25) is 0 Å². The van der Waals surface area contributed by atoms with Crippen molar-refractivity contribution in [3.05, 3.63) is 35.7 Å². The van der Waals surface area contributed by atoms with Gasteiger partial charge in [-0.15, -0.1) is 11.3 Å². The van der Waals surface area contributed by atoms with Crippen molar-refractivity contribution in [2.75, 3.05) is 0 Å². The molecule has 0 aliphatic rings. The molecular weight excluding hydrogens is 179 g/mol. The number of hydrogen-bond acceptors (Lipinski definition) is 3. The maximum absolute atomic E-state index is 8.25. The first kappa shape index (κ1) is 12.2. The summed E-state index contributed by atoms with van der Waals surface area (Å²) >= 11 is 1.79. The van der Waals surface area contributed by atoms with Crippen molar-refractivity contribution in [3.63, 3.8) is 0 Å². The normalized spacial score (nSPS) is 8.00. The fraction of sp³-hybridized carbons (Fsp3) is 0. The number of carbonyl (C=O) groups is 1. The molecule has 13 heavy (non-hydrogen) atoms. The van der Waals surface area contributed by atoms with E-state index >= 15 is 0 Å². The minimum absolute atomic E-state index is 0. The van der Waals surface area contributed by atoms with Gasteiger partial charge in [0.25, 0.3) is 0 Å². The largest absolute Gasteiger partial charge is 1.00 e. The molecular formula is C9H7LiO2S. The quantitative estimate of drug-likeness (QED) is 0.362. The third-order valence-electron chi connectivity index (χ3n) is 1.36. The zero-order chi connectivity index (χ0) is 8.81. The summed E-state index contributed by atoms with van der Waals surface area (Å²) in [5, 5.41) is 11.7. The maximum atomic E-state index is 8.25. The van der Waals surface area contributed by atoms with Crippen molar-refractivity contribution in [2.45, 2.75) is 0 Å². The summed E-state index contributed by atoms with van der Waals surface area (Å²) in [7, 11) is 0. The van der Waals surface area contributed by atoms with Gasteiger partial charge in [0, 0.05) is 11.2 Å². The Morgan fingerprint density at radius 2 is 1.85 bits per heavy atom. The molecule has 0 saturated heterocycles. The Bertz CT molecular complexity index is 329. The molecule has 2 aromatic rings. The molecule has 0 spiro atoms. The van der Waals surface area contributed by atoms with Crippen molar-refractivity contribution in [2.24, 2.45) is 0 Å². The Balaban J connectivity index is 0.000000324. The SMILES string of the molecule is O=C[O-].[Li+].c1ccc2sccc2c1. The number of thiophene rings is 1. The fourth-order valence-electron chi connectivity index (χ4n) is 0.906. The second-order valence-corrected chi connectivity index (χ2v) is 3.00. The molecule has 0 bridgehead atoms. The molecule has 0 unspecified atom stereocenters. The molecule has 0 N–H and O–H groups in total. The van der Waals surface area contributed by atoms with Crippen molar-refractivity contribution in [1.29, 1.82) is 0 Å². The molecule has 0 aliphatic carbocycles. The first-order chi connectivity index (χ1) is 5.88. The van der Waals surface area contributed by atoms with Gasteiger partial charge >= 0.3 is 18.9 Å². The molecule has 2 nitrogen and oxygen atoms in total. The summed E-state index contributed by atoms with van der Waals surface area (Å²) in [6, 6.07) is 10.5. The van der Waals surface area contributed by atoms with Crippen LogP contribution in [0.15, 0.2) is 35.7 Å². The van der Waals surface area contributed by atoms with Crippen LogP contribution >= 0.6 is 11.3 Å². The van der Waals surface area contributed by atoms with Gasteiger partial charge in [0.2, 0.25) is 0 Å². The molecule has 1 aromatic carbocycles. The van der Waals surface area contributed by atoms with Crippen LogP contribution in [0, 0.1) is 0 Å². The standard InChI is InChI=1S/C8H6S.CH2O2.Li/c1-2-4-8-7(3-1)5-6-9-8;2-1-3;/h1-6H;1H,(H,2,3);/q;;+1/p-1. The molecule has 0 radical (unpaired) electrons. The molecule has 62 valence electrons. The first-order valence-corrected chi connectivity index (χ1v) is 4.24. The Morgan fingerprint density at radius 3 is 2.46 bits per heavy atom. The Labute approximate surface area is 92.4 Å². The van der Waals surface area contributed by atoms with Crippen molar-refractivity contribution in [3.8, 4) is 0 Å². The van der Waals surface area contributed by atoms with Crippen LogP contribution in [0.3, 0.4) is 0 Å². The molecule has 0 saturated carbocycles. The summed E-state index contributed by atoms with van der Waals surface area (Å²) in [6.45, 7) is -0.500. The molecule has 4 heteroatoms. The van der Waals surface area contributed by atoms with E-state index in [0.29, 0.717) is 0 Å². The predicted octanol–water partition coefficient (Wildman–Crippen LogP) is -1.73. The van der Waals surface area contributed by atoms with E-state index in [1.165, 1.54) is 10.1 Å². The van der Waals surface area contributed by atoms with E-state index in [9.17, 15) is 0 Å². The van der Waals surface area contributed by atoms with Crippen molar-refractivity contribution < 1.29 is 28.8 Å². The van der Waals surface area contributed by atoms with Crippen LogP contribution < -0.4 is 24.0 Å². The van der Waals surface area contributed by atoms with E-state index in [1.807, 2.05) is 0 Å². The van der Waals surface area contributed by atoms with Gasteiger partial charge in [-0.1, -0.05) is 18.2 Å². The number of carbonyl (C=O) groups excluding carboxylic acids is 1. The zero-order valence-electron chi connectivity index (χ0n) is 7.27. The molecule has 0 fully saturated rings. The monoisotopic (exact) mass is 186 g/mol. The summed E-state index contributed by atoms with van der Waals surface area (Å²) < 4.78 is 1.37. The Morgan fingerprint density at radius 1 is 1.23 bits per heavy atom. The fourth-order valence-corrected chi connectivity index (χ4v) is 1.70. The summed E-state index contributed by atoms with van der Waals surface area (Å²) in [6.07, 6.45) is 0. The van der Waals surface area contributed by atoms with Crippen molar-refractivity contribution in [1.82, 2.24) is 0 Å². The van der Waals surface area contributed by atoms with Crippen LogP contribution in [0.5, 0.6) is 0 Å². The molecule has 1 heterocycles. The molecule has 1 aromatic heterocycles. The van der Waals surface area contributed by atoms with Crippen LogP contribution in [0.1, 0.15) is 0 Å². The van der Waals surface area contributed by atoms with Gasteiger partial charge < -0.3 is 9.90 Å². The van der Waals surface area contributed by atoms with E-state index in [2.05, 4.69) is 35.7 Å². The van der Waals surface area contributed by atoms with Crippen LogP contribution in [-0.4, -0.2) is 6.47 Å². The van der Waals surface area contributed by atoms with Gasteiger partial charge in [0.05, 0.1) is 0 Å². The minimum atomic E-state index is -0.500. The number of hydrogen-bond donors (Lipinski definition) is 0. The van der Waals surface area contributed by atoms with Gasteiger partial charge in [-0.3, -0.25) is 0 Å². The van der Waals surface area contributed by atoms with E-state index in [-0.39, 0.29) is 18.9 Å². The number of benzene rings is 1. The first-order valence-electron chi connectivity index (χ1n) is 3.36. The van der Waals surface area contributed by atoms with E-state index < -0.39 is 6.47 Å². The van der Waals surface area contributed by atoms with Gasteiger partial charge in [0.15, 0.2) is 0 Å². The number of fused-ring (bicyclic) bond motifs is 1. The zero-order valence-corrected chi connectivity index (χ0v) is 8.08. The van der Waals surface area contributed by atoms with Crippen LogP contribution in [0.25, 0.3) is 10.1 Å². The second kappa shape index (κ2) is 6.73.